The summed E-state index contributed by atoms with van der Waals surface area (Å²) in [5.41, 5.74) is 1.63. The van der Waals surface area contributed by atoms with Crippen LogP contribution in [-0.2, 0) is 0 Å². The number of benzene rings is 1. The molecule has 4 aromatic rings. The Hall–Kier alpha value is -3.04. The van der Waals surface area contributed by atoms with Crippen molar-refractivity contribution in [1.29, 1.82) is 0 Å². The first-order valence-corrected chi connectivity index (χ1v) is 9.11. The Labute approximate surface area is 173 Å². The molecular formula is C18H13Cl2F2N7. The molecule has 0 saturated carbocycles. The number of nitrogens with zero attached hydrogens (tertiary/aromatic N) is 5. The summed E-state index contributed by atoms with van der Waals surface area (Å²) in [4.78, 5) is 8.35. The van der Waals surface area contributed by atoms with Crippen LogP contribution < -0.4 is 5.32 Å². The van der Waals surface area contributed by atoms with Crippen molar-refractivity contribution in [3.8, 4) is 17.1 Å². The number of aromatic amines is 1. The largest absolute Gasteiger partial charge is 0.324 e. The summed E-state index contributed by atoms with van der Waals surface area (Å²) >= 11 is 12.5. The van der Waals surface area contributed by atoms with Crippen molar-refractivity contribution in [3.05, 3.63) is 63.7 Å². The third-order valence-corrected chi connectivity index (χ3v) is 5.13. The van der Waals surface area contributed by atoms with Crippen LogP contribution in [0.3, 0.4) is 0 Å². The van der Waals surface area contributed by atoms with Gasteiger partial charge in [0.1, 0.15) is 40.3 Å². The second-order valence-electron chi connectivity index (χ2n) is 6.17. The molecule has 0 radical (unpaired) electrons. The van der Waals surface area contributed by atoms with Gasteiger partial charge in [-0.05, 0) is 26.0 Å². The van der Waals surface area contributed by atoms with Gasteiger partial charge in [0.25, 0.3) is 0 Å². The fourth-order valence-electron chi connectivity index (χ4n) is 2.78. The van der Waals surface area contributed by atoms with Gasteiger partial charge in [-0.1, -0.05) is 23.2 Å². The second kappa shape index (κ2) is 7.41. The zero-order valence-corrected chi connectivity index (χ0v) is 16.6. The molecule has 0 aliphatic carbocycles. The lowest BCUT2D eigenvalue weighted by atomic mass is 10.1. The van der Waals surface area contributed by atoms with E-state index < -0.39 is 11.6 Å². The highest BCUT2D eigenvalue weighted by Crippen LogP contribution is 2.34. The number of rotatable bonds is 4. The van der Waals surface area contributed by atoms with Gasteiger partial charge in [-0.3, -0.25) is 5.10 Å². The SMILES string of the molecule is Cc1nn(-c2cc(Nc3[nH]nc(-c4ccc(F)cc4F)c3Cl)ncn2)c(C)c1Cl. The molecule has 0 unspecified atom stereocenters. The predicted octanol–water partition coefficient (Wildman–Crippen LogP) is 5.00. The minimum atomic E-state index is -0.768. The topological polar surface area (TPSA) is 84.3 Å². The Morgan fingerprint density at radius 1 is 1.07 bits per heavy atom. The summed E-state index contributed by atoms with van der Waals surface area (Å²) in [5.74, 6) is -0.267. The van der Waals surface area contributed by atoms with Crippen LogP contribution in [0.5, 0.6) is 0 Å². The zero-order valence-electron chi connectivity index (χ0n) is 15.1. The maximum absolute atomic E-state index is 14.1. The van der Waals surface area contributed by atoms with Crippen LogP contribution in [0.15, 0.2) is 30.6 Å². The molecule has 0 aliphatic rings. The molecule has 3 aromatic heterocycles. The molecule has 0 saturated heterocycles. The summed E-state index contributed by atoms with van der Waals surface area (Å²) in [6, 6.07) is 4.81. The summed E-state index contributed by atoms with van der Waals surface area (Å²) < 4.78 is 28.8. The molecule has 3 heterocycles. The van der Waals surface area contributed by atoms with Gasteiger partial charge >= 0.3 is 0 Å². The highest BCUT2D eigenvalue weighted by molar-refractivity contribution is 6.35. The number of nitrogens with one attached hydrogen (secondary N) is 2. The molecule has 11 heteroatoms. The van der Waals surface area contributed by atoms with Crippen LogP contribution in [-0.4, -0.2) is 29.9 Å². The molecule has 0 atom stereocenters. The quantitative estimate of drug-likeness (QED) is 0.471. The summed E-state index contributed by atoms with van der Waals surface area (Å²) in [5, 5.41) is 14.7. The number of hydrogen-bond donors (Lipinski definition) is 2. The van der Waals surface area contributed by atoms with E-state index in [0.29, 0.717) is 28.2 Å². The number of H-pyrrole nitrogens is 1. The fraction of sp³-hybridized carbons (Fsp3) is 0.111. The van der Waals surface area contributed by atoms with Crippen molar-refractivity contribution < 1.29 is 8.78 Å². The lowest BCUT2D eigenvalue weighted by Gasteiger charge is -2.07. The van der Waals surface area contributed by atoms with E-state index in [9.17, 15) is 8.78 Å². The first kappa shape index (κ1) is 19.3. The van der Waals surface area contributed by atoms with E-state index in [1.165, 1.54) is 12.4 Å². The van der Waals surface area contributed by atoms with Gasteiger partial charge in [-0.25, -0.2) is 23.4 Å². The van der Waals surface area contributed by atoms with E-state index in [1.807, 2.05) is 6.92 Å². The number of halogens is 4. The van der Waals surface area contributed by atoms with Gasteiger partial charge < -0.3 is 5.32 Å². The molecule has 7 nitrogen and oxygen atoms in total. The normalized spacial score (nSPS) is 11.1. The minimum absolute atomic E-state index is 0.0707. The smallest absolute Gasteiger partial charge is 0.159 e. The predicted molar refractivity (Wildman–Crippen MR) is 106 cm³/mol. The number of aromatic nitrogens is 6. The summed E-state index contributed by atoms with van der Waals surface area (Å²) in [6.07, 6.45) is 1.35. The van der Waals surface area contributed by atoms with Crippen molar-refractivity contribution in [2.75, 3.05) is 5.32 Å². The Bertz CT molecular complexity index is 1220. The van der Waals surface area contributed by atoms with Crippen LogP contribution in [0.1, 0.15) is 11.4 Å². The van der Waals surface area contributed by atoms with Crippen molar-refractivity contribution in [2.45, 2.75) is 13.8 Å². The molecule has 0 aliphatic heterocycles. The first-order valence-electron chi connectivity index (χ1n) is 8.35. The zero-order chi connectivity index (χ0) is 20.7. The van der Waals surface area contributed by atoms with Crippen molar-refractivity contribution >= 4 is 34.8 Å². The Morgan fingerprint density at radius 2 is 1.86 bits per heavy atom. The van der Waals surface area contributed by atoms with Crippen molar-refractivity contribution in [3.63, 3.8) is 0 Å². The fourth-order valence-corrected chi connectivity index (χ4v) is 3.13. The number of aryl methyl sites for hydroxylation is 1. The molecule has 0 fully saturated rings. The van der Waals surface area contributed by atoms with Crippen LogP contribution in [0.2, 0.25) is 10.0 Å². The molecule has 0 spiro atoms. The van der Waals surface area contributed by atoms with Gasteiger partial charge in [-0.15, -0.1) is 0 Å². The van der Waals surface area contributed by atoms with Gasteiger partial charge in [0.2, 0.25) is 0 Å². The molecule has 4 rings (SSSR count). The van der Waals surface area contributed by atoms with Crippen molar-refractivity contribution in [2.24, 2.45) is 0 Å². The van der Waals surface area contributed by atoms with E-state index in [1.54, 1.807) is 17.7 Å². The highest BCUT2D eigenvalue weighted by Gasteiger charge is 2.18. The number of hydrogen-bond acceptors (Lipinski definition) is 5. The highest BCUT2D eigenvalue weighted by atomic mass is 35.5. The van der Waals surface area contributed by atoms with Gasteiger partial charge in [-0.2, -0.15) is 10.2 Å². The average molecular weight is 436 g/mol. The standard InChI is InChI=1S/C18H13Cl2F2N7/c1-8-15(19)9(2)29(28-8)14-6-13(23-7-24-14)25-18-16(20)17(26-27-18)11-4-3-10(21)5-12(11)22/h3-7H,1-2H3,(H2,23,24,25,26,27). The first-order chi connectivity index (χ1) is 13.8. The lowest BCUT2D eigenvalue weighted by molar-refractivity contribution is 0.585. The van der Waals surface area contributed by atoms with E-state index in [4.69, 9.17) is 23.2 Å². The molecule has 2 N–H and O–H groups in total. The summed E-state index contributed by atoms with van der Waals surface area (Å²) in [7, 11) is 0. The summed E-state index contributed by atoms with van der Waals surface area (Å²) in [6.45, 7) is 3.62. The maximum atomic E-state index is 14.1. The third-order valence-electron chi connectivity index (χ3n) is 4.22. The lowest BCUT2D eigenvalue weighted by Crippen LogP contribution is -2.04. The molecule has 0 amide bonds. The van der Waals surface area contributed by atoms with Crippen LogP contribution >= 0.6 is 23.2 Å². The average Bonchev–Trinajstić information content (AvgIpc) is 3.17. The molecular weight excluding hydrogens is 423 g/mol. The Kier molecular flexibility index (Phi) is 4.93. The molecule has 0 bridgehead atoms. The van der Waals surface area contributed by atoms with Crippen LogP contribution in [0, 0.1) is 25.5 Å². The van der Waals surface area contributed by atoms with E-state index in [2.05, 4.69) is 30.6 Å². The number of anilines is 2. The van der Waals surface area contributed by atoms with E-state index >= 15 is 0 Å². The van der Waals surface area contributed by atoms with Crippen molar-refractivity contribution in [1.82, 2.24) is 29.9 Å². The molecule has 148 valence electrons. The third kappa shape index (κ3) is 3.54. The van der Waals surface area contributed by atoms with Crippen LogP contribution in [0.25, 0.3) is 17.1 Å². The van der Waals surface area contributed by atoms with E-state index in [0.717, 1.165) is 17.8 Å². The Morgan fingerprint density at radius 3 is 2.55 bits per heavy atom. The minimum Gasteiger partial charge on any atom is -0.324 e. The van der Waals surface area contributed by atoms with Gasteiger partial charge in [0.05, 0.1) is 16.4 Å². The monoisotopic (exact) mass is 435 g/mol. The van der Waals surface area contributed by atoms with Gasteiger partial charge in [0, 0.05) is 17.7 Å². The molecule has 1 aromatic carbocycles. The van der Waals surface area contributed by atoms with E-state index in [-0.39, 0.29) is 16.3 Å². The Balaban J connectivity index is 1.65. The molecule has 29 heavy (non-hydrogen) atoms. The maximum Gasteiger partial charge on any atom is 0.159 e. The van der Waals surface area contributed by atoms with Crippen LogP contribution in [0.4, 0.5) is 20.4 Å². The second-order valence-corrected chi connectivity index (χ2v) is 6.92. The van der Waals surface area contributed by atoms with Gasteiger partial charge in [0.15, 0.2) is 5.82 Å².